The highest BCUT2D eigenvalue weighted by Crippen LogP contribution is 2.17. The molecule has 6 heteroatoms. The molecule has 2 N–H and O–H groups in total. The summed E-state index contributed by atoms with van der Waals surface area (Å²) in [6.45, 7) is 0. The molecule has 3 amide bonds. The van der Waals surface area contributed by atoms with Crippen molar-refractivity contribution >= 4 is 29.2 Å². The van der Waals surface area contributed by atoms with E-state index in [1.165, 1.54) is 13.2 Å². The Morgan fingerprint density at radius 1 is 1.10 bits per heavy atom. The molecule has 0 heterocycles. The Labute approximate surface area is 126 Å². The van der Waals surface area contributed by atoms with Crippen LogP contribution in [0, 0.1) is 0 Å². The van der Waals surface area contributed by atoms with E-state index in [-0.39, 0.29) is 10.6 Å². The number of benzene rings is 2. The summed E-state index contributed by atoms with van der Waals surface area (Å²) in [5.41, 5.74) is 0.749. The summed E-state index contributed by atoms with van der Waals surface area (Å²) in [5, 5.41) is 5.03. The van der Waals surface area contributed by atoms with Crippen LogP contribution in [0.3, 0.4) is 0 Å². The number of hydrogen-bond donors (Lipinski definition) is 2. The lowest BCUT2D eigenvalue weighted by molar-refractivity contribution is 0.0967. The number of ether oxygens (including phenoxy) is 1. The summed E-state index contributed by atoms with van der Waals surface area (Å²) in [5.74, 6) is 0.0335. The minimum absolute atomic E-state index is 0.236. The smallest absolute Gasteiger partial charge is 0.326 e. The molecule has 5 nitrogen and oxygen atoms in total. The molecule has 0 bridgehead atoms. The van der Waals surface area contributed by atoms with Crippen molar-refractivity contribution in [3.8, 4) is 5.75 Å². The van der Waals surface area contributed by atoms with Crippen molar-refractivity contribution in [2.24, 2.45) is 0 Å². The molecule has 2 rings (SSSR count). The van der Waals surface area contributed by atoms with E-state index in [1.54, 1.807) is 42.5 Å². The van der Waals surface area contributed by atoms with Crippen LogP contribution in [-0.4, -0.2) is 19.0 Å². The van der Waals surface area contributed by atoms with E-state index >= 15 is 0 Å². The van der Waals surface area contributed by atoms with Gasteiger partial charge in [-0.15, -0.1) is 0 Å². The minimum Gasteiger partial charge on any atom is -0.497 e. The third-order valence-corrected chi connectivity index (χ3v) is 3.00. The van der Waals surface area contributed by atoms with Gasteiger partial charge in [-0.2, -0.15) is 0 Å². The van der Waals surface area contributed by atoms with Crippen molar-refractivity contribution < 1.29 is 14.3 Å². The van der Waals surface area contributed by atoms with Crippen LogP contribution in [0.25, 0.3) is 0 Å². The van der Waals surface area contributed by atoms with Crippen LogP contribution in [-0.2, 0) is 0 Å². The number of rotatable bonds is 3. The number of nitrogens with one attached hydrogen (secondary N) is 2. The number of hydrogen-bond acceptors (Lipinski definition) is 3. The monoisotopic (exact) mass is 304 g/mol. The quantitative estimate of drug-likeness (QED) is 0.914. The van der Waals surface area contributed by atoms with Crippen LogP contribution in [0.15, 0.2) is 48.5 Å². The Bertz CT molecular complexity index is 673. The Balaban J connectivity index is 2.01. The fourth-order valence-corrected chi connectivity index (χ4v) is 1.90. The molecule has 21 heavy (non-hydrogen) atoms. The fraction of sp³-hybridized carbons (Fsp3) is 0.0667. The van der Waals surface area contributed by atoms with Gasteiger partial charge in [0.2, 0.25) is 0 Å². The van der Waals surface area contributed by atoms with Crippen molar-refractivity contribution in [2.45, 2.75) is 0 Å². The molecule has 0 saturated heterocycles. The molecule has 2 aromatic rings. The Morgan fingerprint density at radius 3 is 2.57 bits per heavy atom. The fourth-order valence-electron chi connectivity index (χ4n) is 1.68. The van der Waals surface area contributed by atoms with Crippen molar-refractivity contribution in [1.29, 1.82) is 0 Å². The first-order valence-corrected chi connectivity index (χ1v) is 6.49. The molecule has 2 aromatic carbocycles. The van der Waals surface area contributed by atoms with E-state index in [1.807, 2.05) is 0 Å². The summed E-state index contributed by atoms with van der Waals surface area (Å²) < 4.78 is 5.05. The Hall–Kier alpha value is -2.53. The van der Waals surface area contributed by atoms with E-state index in [2.05, 4.69) is 10.6 Å². The molecule has 0 spiro atoms. The van der Waals surface area contributed by atoms with Crippen LogP contribution in [0.1, 0.15) is 10.4 Å². The van der Waals surface area contributed by atoms with Gasteiger partial charge in [0.15, 0.2) is 0 Å². The molecule has 0 aliphatic carbocycles. The number of anilines is 1. The van der Waals surface area contributed by atoms with Gasteiger partial charge < -0.3 is 10.1 Å². The largest absolute Gasteiger partial charge is 0.497 e. The number of amides is 3. The zero-order valence-electron chi connectivity index (χ0n) is 11.2. The van der Waals surface area contributed by atoms with Crippen molar-refractivity contribution in [2.75, 3.05) is 12.4 Å². The highest BCUT2D eigenvalue weighted by Gasteiger charge is 2.13. The zero-order valence-corrected chi connectivity index (χ0v) is 12.0. The van der Waals surface area contributed by atoms with E-state index in [0.29, 0.717) is 11.4 Å². The number of halogens is 1. The van der Waals surface area contributed by atoms with E-state index < -0.39 is 11.9 Å². The number of methoxy groups -OCH3 is 1. The second-order valence-electron chi connectivity index (χ2n) is 4.12. The third-order valence-electron chi connectivity index (χ3n) is 2.67. The van der Waals surface area contributed by atoms with Crippen molar-refractivity contribution in [3.63, 3.8) is 0 Å². The standard InChI is InChI=1S/C15H13ClN2O3/c1-21-11-6-4-5-10(9-11)17-15(20)18-14(19)12-7-2-3-8-13(12)16/h2-9H,1H3,(H2,17,18,19,20). The van der Waals surface area contributed by atoms with Crippen LogP contribution >= 0.6 is 11.6 Å². The maximum atomic E-state index is 11.9. The first-order valence-electron chi connectivity index (χ1n) is 6.11. The minimum atomic E-state index is -0.645. The summed E-state index contributed by atoms with van der Waals surface area (Å²) in [6.07, 6.45) is 0. The van der Waals surface area contributed by atoms with E-state index in [0.717, 1.165) is 0 Å². The van der Waals surface area contributed by atoms with Gasteiger partial charge in [0, 0.05) is 11.8 Å². The summed E-state index contributed by atoms with van der Waals surface area (Å²) in [6, 6.07) is 12.6. The lowest BCUT2D eigenvalue weighted by Gasteiger charge is -2.08. The predicted molar refractivity (Wildman–Crippen MR) is 80.9 cm³/mol. The Kier molecular flexibility index (Phi) is 4.79. The first-order chi connectivity index (χ1) is 10.1. The lowest BCUT2D eigenvalue weighted by Crippen LogP contribution is -2.34. The van der Waals surface area contributed by atoms with E-state index in [9.17, 15) is 9.59 Å². The van der Waals surface area contributed by atoms with Gasteiger partial charge in [-0.05, 0) is 24.3 Å². The lowest BCUT2D eigenvalue weighted by atomic mass is 10.2. The van der Waals surface area contributed by atoms with Gasteiger partial charge in [0.1, 0.15) is 5.75 Å². The molecule has 0 aromatic heterocycles. The summed E-state index contributed by atoms with van der Waals surface area (Å²) >= 11 is 5.89. The third kappa shape index (κ3) is 3.97. The van der Waals surface area contributed by atoms with Crippen molar-refractivity contribution in [3.05, 3.63) is 59.1 Å². The zero-order chi connectivity index (χ0) is 15.2. The molecular weight excluding hydrogens is 292 g/mol. The normalized spacial score (nSPS) is 9.81. The molecule has 108 valence electrons. The Morgan fingerprint density at radius 2 is 1.86 bits per heavy atom. The van der Waals surface area contributed by atoms with Gasteiger partial charge in [0.25, 0.3) is 5.91 Å². The molecule has 0 aliphatic heterocycles. The van der Waals surface area contributed by atoms with Crippen LogP contribution in [0.5, 0.6) is 5.75 Å². The molecule has 0 fully saturated rings. The average molecular weight is 305 g/mol. The molecular formula is C15H13ClN2O3. The molecule has 0 saturated carbocycles. The highest BCUT2D eigenvalue weighted by atomic mass is 35.5. The first kappa shape index (κ1) is 14.9. The average Bonchev–Trinajstić information content (AvgIpc) is 2.47. The summed E-state index contributed by atoms with van der Waals surface area (Å²) in [4.78, 5) is 23.7. The molecule has 0 atom stereocenters. The van der Waals surface area contributed by atoms with Gasteiger partial charge >= 0.3 is 6.03 Å². The number of imide groups is 1. The number of carbonyl (C=O) groups is 2. The van der Waals surface area contributed by atoms with Gasteiger partial charge in [-0.3, -0.25) is 10.1 Å². The molecule has 0 unspecified atom stereocenters. The topological polar surface area (TPSA) is 67.4 Å². The van der Waals surface area contributed by atoms with Gasteiger partial charge in [-0.25, -0.2) is 4.79 Å². The van der Waals surface area contributed by atoms with Gasteiger partial charge in [0.05, 0.1) is 17.7 Å². The SMILES string of the molecule is COc1cccc(NC(=O)NC(=O)c2ccccc2Cl)c1. The molecule has 0 radical (unpaired) electrons. The molecule has 0 aliphatic rings. The maximum absolute atomic E-state index is 11.9. The van der Waals surface area contributed by atoms with Crippen LogP contribution in [0.2, 0.25) is 5.02 Å². The van der Waals surface area contributed by atoms with Gasteiger partial charge in [-0.1, -0.05) is 29.8 Å². The number of urea groups is 1. The predicted octanol–water partition coefficient (Wildman–Crippen LogP) is 3.31. The van der Waals surface area contributed by atoms with Crippen LogP contribution in [0.4, 0.5) is 10.5 Å². The van der Waals surface area contributed by atoms with E-state index in [4.69, 9.17) is 16.3 Å². The summed E-state index contributed by atoms with van der Waals surface area (Å²) in [7, 11) is 1.53. The highest BCUT2D eigenvalue weighted by molar-refractivity contribution is 6.34. The second kappa shape index (κ2) is 6.76. The van der Waals surface area contributed by atoms with Crippen LogP contribution < -0.4 is 15.4 Å². The second-order valence-corrected chi connectivity index (χ2v) is 4.53. The van der Waals surface area contributed by atoms with Crippen molar-refractivity contribution in [1.82, 2.24) is 5.32 Å². The number of carbonyl (C=O) groups excluding carboxylic acids is 2. The maximum Gasteiger partial charge on any atom is 0.326 e.